The average molecular weight is 396 g/mol. The number of amides is 1. The lowest BCUT2D eigenvalue weighted by atomic mass is 10.2. The molecular weight excluding hydrogens is 375 g/mol. The molecule has 0 aliphatic heterocycles. The van der Waals surface area contributed by atoms with Gasteiger partial charge < -0.3 is 5.32 Å². The Morgan fingerprint density at radius 1 is 1.21 bits per heavy atom. The van der Waals surface area contributed by atoms with Crippen LogP contribution in [0.1, 0.15) is 12.5 Å². The van der Waals surface area contributed by atoms with E-state index in [2.05, 4.69) is 22.1 Å². The van der Waals surface area contributed by atoms with Crippen molar-refractivity contribution in [1.82, 2.24) is 14.8 Å². The lowest BCUT2D eigenvalue weighted by Crippen LogP contribution is -2.23. The van der Waals surface area contributed by atoms with Crippen LogP contribution in [0, 0.1) is 12.7 Å². The summed E-state index contributed by atoms with van der Waals surface area (Å²) in [6.07, 6.45) is 1.73. The highest BCUT2D eigenvalue weighted by Gasteiger charge is 2.20. The lowest BCUT2D eigenvalue weighted by Gasteiger charge is -2.13. The van der Waals surface area contributed by atoms with E-state index in [-0.39, 0.29) is 17.0 Å². The van der Waals surface area contributed by atoms with Crippen LogP contribution in [-0.2, 0) is 11.3 Å². The molecule has 0 fully saturated rings. The first kappa shape index (κ1) is 19.8. The number of aromatic nitrogens is 3. The number of carbonyl (C=O) groups is 1. The van der Waals surface area contributed by atoms with Gasteiger partial charge in [0.05, 0.1) is 5.25 Å². The van der Waals surface area contributed by atoms with Crippen LogP contribution < -0.4 is 5.32 Å². The van der Waals surface area contributed by atoms with Crippen LogP contribution >= 0.6 is 11.8 Å². The van der Waals surface area contributed by atoms with Crippen LogP contribution in [0.5, 0.6) is 0 Å². The molecule has 3 rings (SSSR count). The van der Waals surface area contributed by atoms with Crippen LogP contribution in [0.2, 0.25) is 0 Å². The second-order valence-electron chi connectivity index (χ2n) is 6.33. The van der Waals surface area contributed by atoms with Gasteiger partial charge in [-0.1, -0.05) is 35.5 Å². The number of halogens is 1. The number of thioether (sulfide) groups is 1. The third kappa shape index (κ3) is 4.67. The lowest BCUT2D eigenvalue weighted by molar-refractivity contribution is -0.115. The number of allylic oxidation sites excluding steroid dienone is 1. The Morgan fingerprint density at radius 2 is 1.89 bits per heavy atom. The van der Waals surface area contributed by atoms with Crippen molar-refractivity contribution in [3.63, 3.8) is 0 Å². The topological polar surface area (TPSA) is 59.8 Å². The van der Waals surface area contributed by atoms with Gasteiger partial charge in [-0.05, 0) is 50.2 Å². The van der Waals surface area contributed by atoms with E-state index in [1.807, 2.05) is 42.7 Å². The van der Waals surface area contributed by atoms with Gasteiger partial charge >= 0.3 is 0 Å². The first-order valence-corrected chi connectivity index (χ1v) is 9.70. The largest absolute Gasteiger partial charge is 0.325 e. The molecule has 0 bridgehead atoms. The van der Waals surface area contributed by atoms with Crippen molar-refractivity contribution >= 4 is 23.4 Å². The predicted octanol–water partition coefficient (Wildman–Crippen LogP) is 4.70. The van der Waals surface area contributed by atoms with Crippen molar-refractivity contribution in [3.05, 3.63) is 72.6 Å². The van der Waals surface area contributed by atoms with Gasteiger partial charge in [0.15, 0.2) is 11.0 Å². The molecule has 144 valence electrons. The molecule has 3 aromatic rings. The number of nitrogens with one attached hydrogen (secondary N) is 1. The highest BCUT2D eigenvalue weighted by atomic mass is 32.2. The number of carbonyl (C=O) groups excluding carboxylic acids is 1. The second-order valence-corrected chi connectivity index (χ2v) is 7.64. The molecule has 0 radical (unpaired) electrons. The molecule has 7 heteroatoms. The minimum atomic E-state index is -0.380. The first-order chi connectivity index (χ1) is 13.5. The number of benzene rings is 2. The summed E-state index contributed by atoms with van der Waals surface area (Å²) in [6.45, 7) is 8.07. The SMILES string of the molecule is C=CCn1c(S[C@@H](C)C(=O)Nc2ccc(C)cc2)nnc1-c1ccc(F)cc1. The Bertz CT molecular complexity index is 967. The zero-order valence-corrected chi connectivity index (χ0v) is 16.5. The molecule has 5 nitrogen and oxygen atoms in total. The molecule has 1 heterocycles. The van der Waals surface area contributed by atoms with Gasteiger partial charge in [0.1, 0.15) is 5.82 Å². The van der Waals surface area contributed by atoms with E-state index >= 15 is 0 Å². The van der Waals surface area contributed by atoms with Crippen molar-refractivity contribution in [2.24, 2.45) is 0 Å². The zero-order chi connectivity index (χ0) is 20.1. The summed E-state index contributed by atoms with van der Waals surface area (Å²) in [4.78, 5) is 12.5. The maximum absolute atomic E-state index is 13.2. The summed E-state index contributed by atoms with van der Waals surface area (Å²) in [5, 5.41) is 11.6. The number of hydrogen-bond donors (Lipinski definition) is 1. The van der Waals surface area contributed by atoms with Gasteiger partial charge in [-0.25, -0.2) is 4.39 Å². The maximum atomic E-state index is 13.2. The number of anilines is 1. The van der Waals surface area contributed by atoms with Crippen LogP contribution in [0.4, 0.5) is 10.1 Å². The fraction of sp³-hybridized carbons (Fsp3) is 0.190. The minimum absolute atomic E-state index is 0.120. The summed E-state index contributed by atoms with van der Waals surface area (Å²) in [7, 11) is 0. The Kier molecular flexibility index (Phi) is 6.26. The molecule has 1 amide bonds. The molecule has 0 unspecified atom stereocenters. The van der Waals surface area contributed by atoms with Crippen molar-refractivity contribution in [2.45, 2.75) is 30.8 Å². The smallest absolute Gasteiger partial charge is 0.237 e. The van der Waals surface area contributed by atoms with E-state index in [0.29, 0.717) is 17.5 Å². The van der Waals surface area contributed by atoms with Crippen molar-refractivity contribution in [3.8, 4) is 11.4 Å². The maximum Gasteiger partial charge on any atom is 0.237 e. The summed E-state index contributed by atoms with van der Waals surface area (Å²) in [6, 6.07) is 13.7. The third-order valence-electron chi connectivity index (χ3n) is 4.10. The molecule has 0 saturated carbocycles. The summed E-state index contributed by atoms with van der Waals surface area (Å²) in [5.74, 6) is 0.174. The molecule has 28 heavy (non-hydrogen) atoms. The predicted molar refractivity (Wildman–Crippen MR) is 111 cm³/mol. The van der Waals surface area contributed by atoms with E-state index in [4.69, 9.17) is 0 Å². The molecule has 1 N–H and O–H groups in total. The third-order valence-corrected chi connectivity index (χ3v) is 5.18. The van der Waals surface area contributed by atoms with Crippen LogP contribution in [0.15, 0.2) is 66.3 Å². The van der Waals surface area contributed by atoms with Gasteiger partial charge in [-0.15, -0.1) is 16.8 Å². The van der Waals surface area contributed by atoms with Crippen LogP contribution in [0.25, 0.3) is 11.4 Å². The molecule has 0 aliphatic carbocycles. The van der Waals surface area contributed by atoms with Gasteiger partial charge in [0, 0.05) is 17.8 Å². The summed E-state index contributed by atoms with van der Waals surface area (Å²) < 4.78 is 15.1. The monoisotopic (exact) mass is 396 g/mol. The number of hydrogen-bond acceptors (Lipinski definition) is 4. The van der Waals surface area contributed by atoms with Gasteiger partial charge in [0.2, 0.25) is 5.91 Å². The summed E-state index contributed by atoms with van der Waals surface area (Å²) in [5.41, 5.74) is 2.63. The second kappa shape index (κ2) is 8.84. The van der Waals surface area contributed by atoms with E-state index in [0.717, 1.165) is 16.8 Å². The Morgan fingerprint density at radius 3 is 2.54 bits per heavy atom. The van der Waals surface area contributed by atoms with Crippen LogP contribution in [-0.4, -0.2) is 25.9 Å². The van der Waals surface area contributed by atoms with Gasteiger partial charge in [-0.3, -0.25) is 9.36 Å². The Labute approximate surface area is 167 Å². The molecular formula is C21H21FN4OS. The fourth-order valence-electron chi connectivity index (χ4n) is 2.57. The highest BCUT2D eigenvalue weighted by molar-refractivity contribution is 8.00. The van der Waals surface area contributed by atoms with Crippen molar-refractivity contribution in [2.75, 3.05) is 5.32 Å². The first-order valence-electron chi connectivity index (χ1n) is 8.82. The standard InChI is InChI=1S/C21H21FN4OS/c1-4-13-26-19(16-7-9-17(22)10-8-16)24-25-21(26)28-15(3)20(27)23-18-11-5-14(2)6-12-18/h4-12,15H,1,13H2,2-3H3,(H,23,27)/t15-/m0/s1. The minimum Gasteiger partial charge on any atom is -0.325 e. The Balaban J connectivity index is 1.77. The van der Waals surface area contributed by atoms with E-state index < -0.39 is 0 Å². The van der Waals surface area contributed by atoms with E-state index in [1.165, 1.54) is 23.9 Å². The molecule has 2 aromatic carbocycles. The molecule has 0 saturated heterocycles. The van der Waals surface area contributed by atoms with Gasteiger partial charge in [0.25, 0.3) is 0 Å². The van der Waals surface area contributed by atoms with Crippen LogP contribution in [0.3, 0.4) is 0 Å². The summed E-state index contributed by atoms with van der Waals surface area (Å²) >= 11 is 1.31. The van der Waals surface area contributed by atoms with E-state index in [1.54, 1.807) is 18.2 Å². The van der Waals surface area contributed by atoms with Crippen molar-refractivity contribution < 1.29 is 9.18 Å². The number of rotatable bonds is 7. The fourth-order valence-corrected chi connectivity index (χ4v) is 3.43. The highest BCUT2D eigenvalue weighted by Crippen LogP contribution is 2.27. The Hall–Kier alpha value is -2.93. The average Bonchev–Trinajstić information content (AvgIpc) is 3.07. The number of aryl methyl sites for hydroxylation is 1. The zero-order valence-electron chi connectivity index (χ0n) is 15.7. The normalized spacial score (nSPS) is 11.8. The molecule has 1 aromatic heterocycles. The van der Waals surface area contributed by atoms with Crippen molar-refractivity contribution in [1.29, 1.82) is 0 Å². The molecule has 0 aliphatic rings. The quantitative estimate of drug-likeness (QED) is 0.465. The van der Waals surface area contributed by atoms with Gasteiger partial charge in [-0.2, -0.15) is 0 Å². The molecule has 0 spiro atoms. The molecule has 1 atom stereocenters. The van der Waals surface area contributed by atoms with E-state index in [9.17, 15) is 9.18 Å². The number of nitrogens with zero attached hydrogens (tertiary/aromatic N) is 3.